The first kappa shape index (κ1) is 21.2. The van der Waals surface area contributed by atoms with E-state index in [1.807, 2.05) is 23.2 Å². The largest absolute Gasteiger partial charge is 0.369 e. The first-order valence-corrected chi connectivity index (χ1v) is 12.3. The summed E-state index contributed by atoms with van der Waals surface area (Å²) in [6, 6.07) is 5.86. The first-order chi connectivity index (χ1) is 16.9. The molecule has 35 heavy (non-hydrogen) atoms. The monoisotopic (exact) mass is 478 g/mol. The lowest BCUT2D eigenvalue weighted by Crippen LogP contribution is -2.72. The van der Waals surface area contributed by atoms with E-state index in [1.165, 1.54) is 13.1 Å². The number of nitrogens with zero attached hydrogens (tertiary/aromatic N) is 7. The zero-order valence-corrected chi connectivity index (χ0v) is 19.7. The summed E-state index contributed by atoms with van der Waals surface area (Å²) >= 11 is 0. The molecule has 4 aliphatic rings. The van der Waals surface area contributed by atoms with Crippen LogP contribution in [0.25, 0.3) is 10.9 Å². The summed E-state index contributed by atoms with van der Waals surface area (Å²) < 4.78 is 27.8. The highest BCUT2D eigenvalue weighted by molar-refractivity contribution is 5.89. The Kier molecular flexibility index (Phi) is 4.35. The fourth-order valence-corrected chi connectivity index (χ4v) is 6.14. The van der Waals surface area contributed by atoms with Crippen LogP contribution in [0.4, 0.5) is 32.1 Å². The zero-order chi connectivity index (χ0) is 23.8. The molecule has 3 aromatic rings. The minimum absolute atomic E-state index is 0.0275. The molecule has 8 nitrogen and oxygen atoms in total. The molecule has 1 atom stereocenters. The quantitative estimate of drug-likeness (QED) is 0.597. The van der Waals surface area contributed by atoms with E-state index < -0.39 is 11.3 Å². The van der Waals surface area contributed by atoms with Crippen LogP contribution in [0.2, 0.25) is 0 Å². The molecular formula is C25H28F2N8. The van der Waals surface area contributed by atoms with E-state index in [4.69, 9.17) is 0 Å². The molecule has 4 fully saturated rings. The van der Waals surface area contributed by atoms with Gasteiger partial charge in [-0.3, -0.25) is 0 Å². The number of rotatable bonds is 5. The van der Waals surface area contributed by atoms with Crippen molar-refractivity contribution in [3.63, 3.8) is 0 Å². The van der Waals surface area contributed by atoms with Gasteiger partial charge in [0.1, 0.15) is 11.3 Å². The van der Waals surface area contributed by atoms with Crippen molar-refractivity contribution in [2.24, 2.45) is 10.8 Å². The summed E-state index contributed by atoms with van der Waals surface area (Å²) in [6.07, 6.45) is 5.77. The molecule has 0 aromatic carbocycles. The van der Waals surface area contributed by atoms with Crippen molar-refractivity contribution in [1.29, 1.82) is 0 Å². The number of hydrogen-bond acceptors (Lipinski definition) is 8. The maximum atomic E-state index is 13.9. The van der Waals surface area contributed by atoms with Gasteiger partial charge in [0.05, 0.1) is 17.3 Å². The van der Waals surface area contributed by atoms with Crippen LogP contribution in [0.1, 0.15) is 19.8 Å². The molecule has 1 saturated carbocycles. The van der Waals surface area contributed by atoms with E-state index in [0.29, 0.717) is 48.0 Å². The number of alkyl halides is 2. The molecule has 3 aromatic heterocycles. The number of halogens is 2. The highest BCUT2D eigenvalue weighted by Gasteiger charge is 2.72. The number of likely N-dealkylation sites (tertiary alicyclic amines) is 1. The van der Waals surface area contributed by atoms with E-state index in [0.717, 1.165) is 30.7 Å². The third-order valence-corrected chi connectivity index (χ3v) is 8.32. The average Bonchev–Trinajstić information content (AvgIpc) is 3.11. The van der Waals surface area contributed by atoms with Crippen LogP contribution < -0.4 is 15.1 Å². The van der Waals surface area contributed by atoms with Gasteiger partial charge in [0.2, 0.25) is 5.95 Å². The Morgan fingerprint density at radius 1 is 0.971 bits per heavy atom. The standard InChI is InChI=1S/C25H28F2N8/c1-2-33-12-23(13-33)14-35(15-23)18-3-4-19(29-10-18)31-22-30-9-17-5-7-28-21(20(17)32-22)34-8-6-24(16-34)11-25(24,26)27/h3-5,7,9-10H,2,6,8,11-16H2,1H3,(H,29,30,31,32). The second-order valence-corrected chi connectivity index (χ2v) is 10.8. The molecule has 6 heterocycles. The molecule has 0 radical (unpaired) electrons. The molecular weight excluding hydrogens is 450 g/mol. The summed E-state index contributed by atoms with van der Waals surface area (Å²) in [7, 11) is 0. The molecule has 1 N–H and O–H groups in total. The number of nitrogens with one attached hydrogen (secondary N) is 1. The van der Waals surface area contributed by atoms with Crippen LogP contribution in [-0.4, -0.2) is 76.6 Å². The lowest BCUT2D eigenvalue weighted by Gasteiger charge is -2.61. The summed E-state index contributed by atoms with van der Waals surface area (Å²) in [6.45, 7) is 8.80. The van der Waals surface area contributed by atoms with Crippen LogP contribution >= 0.6 is 0 Å². The van der Waals surface area contributed by atoms with E-state index in [1.54, 1.807) is 12.4 Å². The predicted molar refractivity (Wildman–Crippen MR) is 130 cm³/mol. The predicted octanol–water partition coefficient (Wildman–Crippen LogP) is 3.54. The Hall–Kier alpha value is -3.14. The highest BCUT2D eigenvalue weighted by Crippen LogP contribution is 2.65. The number of hydrogen-bond donors (Lipinski definition) is 1. The van der Waals surface area contributed by atoms with Crippen molar-refractivity contribution in [3.05, 3.63) is 36.8 Å². The topological polar surface area (TPSA) is 73.3 Å². The number of fused-ring (bicyclic) bond motifs is 1. The van der Waals surface area contributed by atoms with Gasteiger partial charge in [-0.05, 0) is 31.2 Å². The Morgan fingerprint density at radius 2 is 1.80 bits per heavy atom. The fraction of sp³-hybridized carbons (Fsp3) is 0.520. The summed E-state index contributed by atoms with van der Waals surface area (Å²) in [5.41, 5.74) is 1.37. The van der Waals surface area contributed by atoms with Crippen LogP contribution in [0, 0.1) is 10.8 Å². The van der Waals surface area contributed by atoms with Crippen molar-refractivity contribution >= 4 is 34.2 Å². The van der Waals surface area contributed by atoms with Gasteiger partial charge in [-0.1, -0.05) is 6.92 Å². The Bertz CT molecular complexity index is 1280. The van der Waals surface area contributed by atoms with Gasteiger partial charge >= 0.3 is 0 Å². The minimum atomic E-state index is -2.56. The van der Waals surface area contributed by atoms with Gasteiger partial charge in [0.15, 0.2) is 5.82 Å². The molecule has 0 bridgehead atoms. The summed E-state index contributed by atoms with van der Waals surface area (Å²) in [5, 5.41) is 4.02. The van der Waals surface area contributed by atoms with Crippen molar-refractivity contribution in [2.45, 2.75) is 25.7 Å². The van der Waals surface area contributed by atoms with Gasteiger partial charge < -0.3 is 20.0 Å². The van der Waals surface area contributed by atoms with E-state index in [-0.39, 0.29) is 6.42 Å². The zero-order valence-electron chi connectivity index (χ0n) is 19.7. The van der Waals surface area contributed by atoms with Crippen LogP contribution in [0.5, 0.6) is 0 Å². The molecule has 1 unspecified atom stereocenters. The van der Waals surface area contributed by atoms with Crippen LogP contribution in [0.3, 0.4) is 0 Å². The average molecular weight is 479 g/mol. The second kappa shape index (κ2) is 7.19. The normalized spacial score (nSPS) is 26.3. The van der Waals surface area contributed by atoms with Crippen molar-refractivity contribution in [3.8, 4) is 0 Å². The van der Waals surface area contributed by atoms with Crippen molar-refractivity contribution in [1.82, 2.24) is 24.8 Å². The fourth-order valence-electron chi connectivity index (χ4n) is 6.14. The van der Waals surface area contributed by atoms with Crippen LogP contribution in [0.15, 0.2) is 36.8 Å². The molecule has 0 amide bonds. The third-order valence-electron chi connectivity index (χ3n) is 8.32. The maximum absolute atomic E-state index is 13.9. The maximum Gasteiger partial charge on any atom is 0.256 e. The summed E-state index contributed by atoms with van der Waals surface area (Å²) in [5.74, 6) is -0.849. The molecule has 10 heteroatoms. The third kappa shape index (κ3) is 3.33. The lowest BCUT2D eigenvalue weighted by molar-refractivity contribution is -0.0178. The highest BCUT2D eigenvalue weighted by atomic mass is 19.3. The lowest BCUT2D eigenvalue weighted by atomic mass is 9.72. The molecule has 3 aliphatic heterocycles. The van der Waals surface area contributed by atoms with Crippen LogP contribution in [-0.2, 0) is 0 Å². The SMILES string of the molecule is CCN1CC2(C1)CN(c1ccc(Nc3ncc4ccnc(N5CCC6(C5)CC6(F)F)c4n3)nc1)C2. The van der Waals surface area contributed by atoms with Gasteiger partial charge in [-0.15, -0.1) is 0 Å². The van der Waals surface area contributed by atoms with Gasteiger partial charge in [-0.25, -0.2) is 28.7 Å². The molecule has 3 saturated heterocycles. The smallest absolute Gasteiger partial charge is 0.256 e. The van der Waals surface area contributed by atoms with E-state index in [9.17, 15) is 8.78 Å². The van der Waals surface area contributed by atoms with Gasteiger partial charge in [0.25, 0.3) is 5.92 Å². The Labute approximate surface area is 202 Å². The van der Waals surface area contributed by atoms with Crippen molar-refractivity contribution in [2.75, 3.05) is 60.9 Å². The number of pyridine rings is 2. The number of aromatic nitrogens is 4. The molecule has 2 spiro atoms. The van der Waals surface area contributed by atoms with Crippen molar-refractivity contribution < 1.29 is 8.78 Å². The second-order valence-electron chi connectivity index (χ2n) is 10.8. The van der Waals surface area contributed by atoms with E-state index in [2.05, 4.69) is 48.0 Å². The number of anilines is 4. The molecule has 7 rings (SSSR count). The minimum Gasteiger partial charge on any atom is -0.369 e. The Balaban J connectivity index is 1.06. The molecule has 1 aliphatic carbocycles. The summed E-state index contributed by atoms with van der Waals surface area (Å²) in [4.78, 5) is 25.0. The van der Waals surface area contributed by atoms with Gasteiger partial charge in [0, 0.05) is 68.9 Å². The Morgan fingerprint density at radius 3 is 2.49 bits per heavy atom. The van der Waals surface area contributed by atoms with Gasteiger partial charge in [-0.2, -0.15) is 0 Å². The molecule has 182 valence electrons. The first-order valence-electron chi connectivity index (χ1n) is 12.3. The van der Waals surface area contributed by atoms with E-state index >= 15 is 0 Å².